The summed E-state index contributed by atoms with van der Waals surface area (Å²) in [6.07, 6.45) is 3.10. The Kier molecular flexibility index (Phi) is 2.44. The summed E-state index contributed by atoms with van der Waals surface area (Å²) in [7, 11) is 0. The quantitative estimate of drug-likeness (QED) is 0.645. The monoisotopic (exact) mass is 285 g/mol. The molecule has 1 N–H and O–H groups in total. The van der Waals surface area contributed by atoms with E-state index in [-0.39, 0.29) is 18.4 Å². The zero-order valence-corrected chi connectivity index (χ0v) is 11.5. The molecule has 0 spiro atoms. The number of fused-ring (bicyclic) bond motifs is 5. The van der Waals surface area contributed by atoms with Crippen LogP contribution in [-0.4, -0.2) is 35.2 Å². The Hall–Kier alpha value is -1.98. The lowest BCUT2D eigenvalue weighted by molar-refractivity contribution is -0.128. The number of rotatable bonds is 2. The number of anilines is 1. The highest BCUT2D eigenvalue weighted by Gasteiger charge is 2.67. The van der Waals surface area contributed by atoms with Crippen molar-refractivity contribution in [3.63, 3.8) is 0 Å². The number of amides is 2. The van der Waals surface area contributed by atoms with Crippen molar-refractivity contribution < 1.29 is 19.4 Å². The average molecular weight is 285 g/mol. The summed E-state index contributed by atoms with van der Waals surface area (Å²) in [6.45, 7) is 1.58. The van der Waals surface area contributed by atoms with Crippen molar-refractivity contribution >= 4 is 17.5 Å². The van der Waals surface area contributed by atoms with Crippen LogP contribution in [-0.2, 0) is 14.3 Å². The Morgan fingerprint density at radius 3 is 2.76 bits per heavy atom. The fourth-order valence-corrected chi connectivity index (χ4v) is 3.74. The number of para-hydroxylation sites is 1. The number of hydrogen-bond donors (Lipinski definition) is 1. The van der Waals surface area contributed by atoms with Crippen LogP contribution in [0.15, 0.2) is 36.4 Å². The van der Waals surface area contributed by atoms with E-state index in [2.05, 4.69) is 0 Å². The first-order chi connectivity index (χ1) is 10.1. The summed E-state index contributed by atoms with van der Waals surface area (Å²) < 4.78 is 5.70. The lowest BCUT2D eigenvalue weighted by Crippen LogP contribution is -2.43. The summed E-state index contributed by atoms with van der Waals surface area (Å²) in [5, 5.41) is 9.65. The van der Waals surface area contributed by atoms with Gasteiger partial charge in [0.15, 0.2) is 0 Å². The molecule has 0 unspecified atom stereocenters. The van der Waals surface area contributed by atoms with E-state index in [1.807, 2.05) is 25.1 Å². The lowest BCUT2D eigenvalue weighted by Gasteiger charge is -2.26. The third-order valence-electron chi connectivity index (χ3n) is 4.76. The molecular formula is C16H15NO4. The molecule has 108 valence electrons. The van der Waals surface area contributed by atoms with Crippen molar-refractivity contribution in [2.75, 3.05) is 11.5 Å². The molecule has 2 fully saturated rings. The molecule has 0 aromatic heterocycles. The fourth-order valence-electron chi connectivity index (χ4n) is 3.74. The van der Waals surface area contributed by atoms with Crippen molar-refractivity contribution in [3.8, 4) is 0 Å². The lowest BCUT2D eigenvalue weighted by atomic mass is 9.77. The van der Waals surface area contributed by atoms with E-state index in [0.29, 0.717) is 5.69 Å². The minimum Gasteiger partial charge on any atom is -0.393 e. The van der Waals surface area contributed by atoms with Crippen LogP contribution >= 0.6 is 0 Å². The molecule has 5 heteroatoms. The molecule has 21 heavy (non-hydrogen) atoms. The normalized spacial score (nSPS) is 36.7. The number of imide groups is 1. The van der Waals surface area contributed by atoms with Crippen LogP contribution in [0.4, 0.5) is 5.69 Å². The highest BCUT2D eigenvalue weighted by atomic mass is 16.5. The highest BCUT2D eigenvalue weighted by Crippen LogP contribution is 2.52. The summed E-state index contributed by atoms with van der Waals surface area (Å²) in [4.78, 5) is 26.8. The van der Waals surface area contributed by atoms with Gasteiger partial charge in [0.1, 0.15) is 5.60 Å². The van der Waals surface area contributed by atoms with Crippen LogP contribution in [0.1, 0.15) is 5.56 Å². The van der Waals surface area contributed by atoms with Gasteiger partial charge in [-0.15, -0.1) is 0 Å². The first kappa shape index (κ1) is 12.7. The minimum absolute atomic E-state index is 0.232. The molecule has 3 aliphatic heterocycles. The summed E-state index contributed by atoms with van der Waals surface area (Å²) in [6, 6.07) is 7.32. The second kappa shape index (κ2) is 4.02. The number of hydrogen-bond acceptors (Lipinski definition) is 4. The van der Waals surface area contributed by atoms with Crippen molar-refractivity contribution in [2.45, 2.75) is 18.6 Å². The number of benzene rings is 1. The van der Waals surface area contributed by atoms with E-state index in [1.165, 1.54) is 4.90 Å². The summed E-state index contributed by atoms with van der Waals surface area (Å²) >= 11 is 0. The molecule has 4 atom stereocenters. The van der Waals surface area contributed by atoms with Gasteiger partial charge in [0.05, 0.1) is 30.2 Å². The maximum absolute atomic E-state index is 12.8. The van der Waals surface area contributed by atoms with Gasteiger partial charge in [-0.05, 0) is 18.6 Å². The van der Waals surface area contributed by atoms with Crippen LogP contribution in [0.5, 0.6) is 0 Å². The molecule has 1 aromatic rings. The van der Waals surface area contributed by atoms with E-state index in [0.717, 1.165) is 5.56 Å². The van der Waals surface area contributed by atoms with Crippen LogP contribution in [0.25, 0.3) is 0 Å². The Morgan fingerprint density at radius 2 is 2.05 bits per heavy atom. The van der Waals surface area contributed by atoms with Gasteiger partial charge in [-0.2, -0.15) is 0 Å². The first-order valence-corrected chi connectivity index (χ1v) is 7.00. The molecule has 3 heterocycles. The van der Waals surface area contributed by atoms with Gasteiger partial charge in [-0.3, -0.25) is 9.59 Å². The van der Waals surface area contributed by atoms with Gasteiger partial charge in [0.2, 0.25) is 11.8 Å². The standard InChI is InChI=1S/C16H15NO4/c1-9-4-2-3-5-10(9)17-14(19)12-11-6-7-16(8-18,21-11)13(12)15(17)20/h2-7,11-13,18H,8H2,1H3/t11-,12-,13+,16+/m1/s1. The predicted octanol–water partition coefficient (Wildman–Crippen LogP) is 0.800. The predicted molar refractivity (Wildman–Crippen MR) is 74.5 cm³/mol. The molecule has 0 aliphatic carbocycles. The number of aliphatic hydroxyl groups excluding tert-OH is 1. The molecule has 5 nitrogen and oxygen atoms in total. The maximum Gasteiger partial charge on any atom is 0.241 e. The Morgan fingerprint density at radius 1 is 1.29 bits per heavy atom. The Bertz CT molecular complexity index is 683. The molecule has 0 radical (unpaired) electrons. The Balaban J connectivity index is 1.81. The van der Waals surface area contributed by atoms with Crippen molar-refractivity contribution in [2.24, 2.45) is 11.8 Å². The first-order valence-electron chi connectivity index (χ1n) is 7.00. The van der Waals surface area contributed by atoms with E-state index >= 15 is 0 Å². The summed E-state index contributed by atoms with van der Waals surface area (Å²) in [5.74, 6) is -1.65. The van der Waals surface area contributed by atoms with Crippen LogP contribution in [0.2, 0.25) is 0 Å². The second-order valence-electron chi connectivity index (χ2n) is 5.86. The van der Waals surface area contributed by atoms with E-state index in [9.17, 15) is 14.7 Å². The molecule has 2 saturated heterocycles. The van der Waals surface area contributed by atoms with Gasteiger partial charge in [-0.25, -0.2) is 4.90 Å². The third-order valence-corrected chi connectivity index (χ3v) is 4.76. The van der Waals surface area contributed by atoms with Crippen LogP contribution < -0.4 is 4.90 Å². The largest absolute Gasteiger partial charge is 0.393 e. The van der Waals surface area contributed by atoms with E-state index in [1.54, 1.807) is 18.2 Å². The Labute approximate surface area is 121 Å². The van der Waals surface area contributed by atoms with Gasteiger partial charge in [0, 0.05) is 0 Å². The van der Waals surface area contributed by atoms with Gasteiger partial charge in [0.25, 0.3) is 0 Å². The van der Waals surface area contributed by atoms with E-state index < -0.39 is 23.5 Å². The van der Waals surface area contributed by atoms with Crippen molar-refractivity contribution in [1.82, 2.24) is 0 Å². The average Bonchev–Trinajstić information content (AvgIpc) is 3.12. The molecular weight excluding hydrogens is 270 g/mol. The topological polar surface area (TPSA) is 66.8 Å². The van der Waals surface area contributed by atoms with Crippen molar-refractivity contribution in [1.29, 1.82) is 0 Å². The molecule has 1 aromatic carbocycles. The second-order valence-corrected chi connectivity index (χ2v) is 5.86. The van der Waals surface area contributed by atoms with E-state index in [4.69, 9.17) is 4.74 Å². The number of aliphatic hydroxyl groups is 1. The molecule has 2 bridgehead atoms. The number of carbonyl (C=O) groups excluding carboxylic acids is 2. The molecule has 3 aliphatic rings. The number of ether oxygens (including phenoxy) is 1. The van der Waals surface area contributed by atoms with Crippen LogP contribution in [0, 0.1) is 18.8 Å². The summed E-state index contributed by atoms with van der Waals surface area (Å²) in [5.41, 5.74) is 0.465. The van der Waals surface area contributed by atoms with Crippen molar-refractivity contribution in [3.05, 3.63) is 42.0 Å². The zero-order valence-electron chi connectivity index (χ0n) is 11.5. The molecule has 0 saturated carbocycles. The molecule has 4 rings (SSSR count). The smallest absolute Gasteiger partial charge is 0.241 e. The maximum atomic E-state index is 12.8. The fraction of sp³-hybridized carbons (Fsp3) is 0.375. The third kappa shape index (κ3) is 1.42. The van der Waals surface area contributed by atoms with Gasteiger partial charge >= 0.3 is 0 Å². The van der Waals surface area contributed by atoms with Gasteiger partial charge < -0.3 is 9.84 Å². The number of nitrogens with zero attached hydrogens (tertiary/aromatic N) is 1. The number of carbonyl (C=O) groups is 2. The molecule has 2 amide bonds. The zero-order chi connectivity index (χ0) is 14.8. The highest BCUT2D eigenvalue weighted by molar-refractivity contribution is 6.23. The van der Waals surface area contributed by atoms with Gasteiger partial charge in [-0.1, -0.05) is 30.4 Å². The SMILES string of the molecule is Cc1ccccc1N1C(=O)[C@H]2[C@@H](C1=O)[C@@]1(CO)C=C[C@H]2O1. The number of aryl methyl sites for hydroxylation is 1. The van der Waals surface area contributed by atoms with Crippen LogP contribution in [0.3, 0.4) is 0 Å². The minimum atomic E-state index is -1.03.